The molecular formula is C24H24Cl2N7O4S3+. The predicted octanol–water partition coefficient (Wildman–Crippen LogP) is 2.03. The average Bonchev–Trinajstić information content (AvgIpc) is 3.40. The Morgan fingerprint density at radius 3 is 2.73 bits per heavy atom. The lowest BCUT2D eigenvalue weighted by Gasteiger charge is -2.49. The standard InChI is InChI=1S/C24H23Cl2N7O4S3/c25-15-7-12(8-16(26)29-15)39-10-17(34)30-18-21(35)32-19(23(36)37)11(9-40-22(18)32)3-2-6-38-20-13-4-1-5-14(13)33(28)24(27)31-20/h2-3,7-8,18,22,27H,1,4-6,9-10,28H2,(H2,30,34,36,37)/p+1/b3-2+/t18-,22-/m1/s1. The van der Waals surface area contributed by atoms with Gasteiger partial charge >= 0.3 is 11.9 Å². The Bertz CT molecular complexity index is 1450. The van der Waals surface area contributed by atoms with Crippen LogP contribution in [0.1, 0.15) is 17.7 Å². The third kappa shape index (κ3) is 5.86. The summed E-state index contributed by atoms with van der Waals surface area (Å²) < 4.78 is 1.44. The van der Waals surface area contributed by atoms with E-state index in [1.807, 2.05) is 6.08 Å². The van der Waals surface area contributed by atoms with Gasteiger partial charge in [0.1, 0.15) is 33.1 Å². The molecule has 1 aliphatic carbocycles. The molecule has 16 heteroatoms. The number of aromatic nitrogens is 3. The lowest BCUT2D eigenvalue weighted by Crippen LogP contribution is -2.70. The predicted molar refractivity (Wildman–Crippen MR) is 156 cm³/mol. The molecule has 1 saturated heterocycles. The minimum Gasteiger partial charge on any atom is -0.477 e. The summed E-state index contributed by atoms with van der Waals surface area (Å²) in [7, 11) is 0. The second-order valence-electron chi connectivity index (χ2n) is 9.01. The molecule has 3 aliphatic rings. The van der Waals surface area contributed by atoms with E-state index in [4.69, 9.17) is 34.8 Å². The highest BCUT2D eigenvalue weighted by Crippen LogP contribution is 2.41. The molecule has 0 unspecified atom stereocenters. The lowest BCUT2D eigenvalue weighted by atomic mass is 10.0. The van der Waals surface area contributed by atoms with Crippen molar-refractivity contribution < 1.29 is 24.2 Å². The number of fused-ring (bicyclic) bond motifs is 2. The first kappa shape index (κ1) is 28.9. The SMILES string of the molecule is Nc1nc(SC/C=C/C2=C(C(=O)O)N3C(=O)[C@@H](NC(=O)CSc4cc(Cl)nc(Cl)c4)[C@H]3SC2)c2c([n+]1N)CCC2. The van der Waals surface area contributed by atoms with Crippen molar-refractivity contribution in [1.82, 2.24) is 20.2 Å². The Hall–Kier alpha value is -2.65. The van der Waals surface area contributed by atoms with Gasteiger partial charge in [0.2, 0.25) is 5.91 Å². The van der Waals surface area contributed by atoms with Gasteiger partial charge in [0.25, 0.3) is 5.91 Å². The summed E-state index contributed by atoms with van der Waals surface area (Å²) in [6.07, 6.45) is 6.32. The molecule has 2 aromatic rings. The van der Waals surface area contributed by atoms with Gasteiger partial charge in [-0.25, -0.2) is 9.78 Å². The number of nitrogen functional groups attached to an aromatic ring is 2. The van der Waals surface area contributed by atoms with Crippen LogP contribution in [0.3, 0.4) is 0 Å². The van der Waals surface area contributed by atoms with E-state index in [0.29, 0.717) is 22.0 Å². The zero-order valence-electron chi connectivity index (χ0n) is 20.8. The van der Waals surface area contributed by atoms with Crippen molar-refractivity contribution in [2.45, 2.75) is 40.6 Å². The summed E-state index contributed by atoms with van der Waals surface area (Å²) >= 11 is 15.9. The summed E-state index contributed by atoms with van der Waals surface area (Å²) in [5.41, 5.74) is 8.51. The van der Waals surface area contributed by atoms with Crippen LogP contribution in [0.2, 0.25) is 10.3 Å². The molecule has 2 atom stereocenters. The van der Waals surface area contributed by atoms with Gasteiger partial charge in [0.15, 0.2) is 5.03 Å². The second kappa shape index (κ2) is 12.1. The van der Waals surface area contributed by atoms with E-state index >= 15 is 0 Å². The van der Waals surface area contributed by atoms with E-state index < -0.39 is 23.3 Å². The van der Waals surface area contributed by atoms with Crippen LogP contribution in [0, 0.1) is 0 Å². The molecule has 11 nitrogen and oxygen atoms in total. The number of anilines is 1. The Balaban J connectivity index is 1.20. The highest BCUT2D eigenvalue weighted by molar-refractivity contribution is 8.00. The average molecular weight is 642 g/mol. The van der Waals surface area contributed by atoms with Crippen molar-refractivity contribution in [2.24, 2.45) is 0 Å². The van der Waals surface area contributed by atoms with Crippen molar-refractivity contribution in [2.75, 3.05) is 28.8 Å². The minimum atomic E-state index is -1.19. The molecule has 4 heterocycles. The number of thioether (sulfide) groups is 3. The summed E-state index contributed by atoms with van der Waals surface area (Å²) in [5, 5.41) is 13.4. The van der Waals surface area contributed by atoms with Crippen LogP contribution in [-0.2, 0) is 27.2 Å². The summed E-state index contributed by atoms with van der Waals surface area (Å²) in [6, 6.07) is 2.37. The van der Waals surface area contributed by atoms with Crippen molar-refractivity contribution in [3.05, 3.63) is 57.1 Å². The molecule has 40 heavy (non-hydrogen) atoms. The smallest absolute Gasteiger partial charge is 0.412 e. The molecule has 5 rings (SSSR count). The fourth-order valence-corrected chi connectivity index (χ4v) is 8.27. The van der Waals surface area contributed by atoms with E-state index in [1.165, 1.54) is 44.9 Å². The Morgan fingerprint density at radius 1 is 1.25 bits per heavy atom. The molecule has 2 aliphatic heterocycles. The highest BCUT2D eigenvalue weighted by atomic mass is 35.5. The molecule has 1 fully saturated rings. The zero-order valence-corrected chi connectivity index (χ0v) is 24.8. The maximum atomic E-state index is 12.9. The number of aliphatic carboxylic acids is 1. The number of nitrogens with zero attached hydrogens (tertiary/aromatic N) is 4. The van der Waals surface area contributed by atoms with E-state index in [0.717, 1.165) is 35.5 Å². The van der Waals surface area contributed by atoms with E-state index in [9.17, 15) is 19.5 Å². The fourth-order valence-electron chi connectivity index (χ4n) is 4.69. The van der Waals surface area contributed by atoms with E-state index in [-0.39, 0.29) is 33.6 Å². The third-order valence-electron chi connectivity index (χ3n) is 6.46. The lowest BCUT2D eigenvalue weighted by molar-refractivity contribution is -0.634. The molecule has 2 amide bonds. The number of rotatable bonds is 9. The van der Waals surface area contributed by atoms with Crippen LogP contribution in [-0.4, -0.2) is 66.4 Å². The van der Waals surface area contributed by atoms with Crippen molar-refractivity contribution in [3.63, 3.8) is 0 Å². The van der Waals surface area contributed by atoms with Gasteiger partial charge in [0.05, 0.1) is 5.75 Å². The van der Waals surface area contributed by atoms with Gasteiger partial charge < -0.3 is 10.4 Å². The topological polar surface area (TPSA) is 168 Å². The third-order valence-corrected chi connectivity index (χ3v) is 10.1. The Morgan fingerprint density at radius 2 is 2.00 bits per heavy atom. The van der Waals surface area contributed by atoms with E-state index in [1.54, 1.807) is 18.2 Å². The minimum absolute atomic E-state index is 0.0293. The summed E-state index contributed by atoms with van der Waals surface area (Å²) in [6.45, 7) is 0. The number of allylic oxidation sites excluding steroid dienone is 1. The van der Waals surface area contributed by atoms with Crippen molar-refractivity contribution in [3.8, 4) is 0 Å². The first-order valence-corrected chi connectivity index (χ1v) is 15.9. The zero-order chi connectivity index (χ0) is 28.6. The number of carboxylic acid groups (broad SMARTS) is 1. The van der Waals surface area contributed by atoms with Gasteiger partial charge in [-0.3, -0.25) is 26.1 Å². The monoisotopic (exact) mass is 640 g/mol. The molecular weight excluding hydrogens is 617 g/mol. The van der Waals surface area contributed by atoms with Crippen molar-refractivity contribution in [1.29, 1.82) is 0 Å². The highest BCUT2D eigenvalue weighted by Gasteiger charge is 2.53. The number of hydrogen-bond donors (Lipinski definition) is 4. The quantitative estimate of drug-likeness (QED) is 0.0790. The number of pyridine rings is 1. The number of carbonyl (C=O) groups excluding carboxylic acids is 2. The van der Waals surface area contributed by atoms with Gasteiger partial charge in [-0.15, -0.1) is 28.2 Å². The maximum absolute atomic E-state index is 12.9. The molecule has 0 bridgehead atoms. The fraction of sp³-hybridized carbons (Fsp3) is 0.333. The second-order valence-corrected chi connectivity index (χ2v) is 12.9. The number of hydrogen-bond acceptors (Lipinski definition) is 10. The summed E-state index contributed by atoms with van der Waals surface area (Å²) in [5.74, 6) is 5.18. The van der Waals surface area contributed by atoms with Crippen LogP contribution >= 0.6 is 58.5 Å². The van der Waals surface area contributed by atoms with Gasteiger partial charge in [-0.1, -0.05) is 52.1 Å². The Kier molecular flexibility index (Phi) is 8.71. The number of amides is 2. The first-order chi connectivity index (χ1) is 19.1. The van der Waals surface area contributed by atoms with Crippen LogP contribution in [0.4, 0.5) is 5.95 Å². The number of nitrogens with one attached hydrogen (secondary N) is 1. The number of β-lactam (4-membered cyclic amide) rings is 1. The van der Waals surface area contributed by atoms with Gasteiger partial charge in [-0.05, 0) is 30.5 Å². The maximum Gasteiger partial charge on any atom is 0.412 e. The molecule has 0 radical (unpaired) electrons. The molecule has 0 spiro atoms. The number of carboxylic acids is 1. The number of halogens is 2. The molecule has 210 valence electrons. The van der Waals surface area contributed by atoms with E-state index in [2.05, 4.69) is 15.3 Å². The molecule has 2 aromatic heterocycles. The van der Waals surface area contributed by atoms with Crippen LogP contribution in [0.25, 0.3) is 0 Å². The number of nitrogens with two attached hydrogens (primary N) is 2. The van der Waals surface area contributed by atoms with Crippen LogP contribution in [0.15, 0.2) is 45.5 Å². The number of carbonyl (C=O) groups is 3. The molecule has 6 N–H and O–H groups in total. The van der Waals surface area contributed by atoms with Crippen LogP contribution < -0.4 is 21.6 Å². The molecule has 0 saturated carbocycles. The summed E-state index contributed by atoms with van der Waals surface area (Å²) in [4.78, 5) is 47.8. The van der Waals surface area contributed by atoms with Gasteiger partial charge in [0, 0.05) is 28.4 Å². The van der Waals surface area contributed by atoms with Crippen molar-refractivity contribution >= 4 is 82.2 Å². The normalized spacial score (nSPS) is 19.9. The first-order valence-electron chi connectivity index (χ1n) is 12.1. The Labute approximate surface area is 252 Å². The largest absolute Gasteiger partial charge is 0.477 e. The van der Waals surface area contributed by atoms with Gasteiger partial charge in [-0.2, -0.15) is 0 Å². The molecule has 0 aromatic carbocycles. The van der Waals surface area contributed by atoms with Crippen LogP contribution in [0.5, 0.6) is 0 Å².